The second-order valence-corrected chi connectivity index (χ2v) is 4.50. The molecule has 2 nitrogen and oxygen atoms in total. The Morgan fingerprint density at radius 3 is 2.61 bits per heavy atom. The minimum absolute atomic E-state index is 0.0764. The molecule has 4 heteroatoms. The summed E-state index contributed by atoms with van der Waals surface area (Å²) in [6.45, 7) is 0. The summed E-state index contributed by atoms with van der Waals surface area (Å²) < 4.78 is 13.3. The van der Waals surface area contributed by atoms with Crippen LogP contribution in [0, 0.1) is 5.82 Å². The Bertz CT molecular complexity index is 559. The van der Waals surface area contributed by atoms with Crippen LogP contribution in [0.3, 0.4) is 0 Å². The Labute approximate surface area is 110 Å². The Balaban J connectivity index is 2.19. The van der Waals surface area contributed by atoms with Crippen LogP contribution in [-0.4, -0.2) is 5.11 Å². The van der Waals surface area contributed by atoms with Crippen molar-refractivity contribution in [2.45, 2.75) is 12.5 Å². The molecule has 94 valence electrons. The van der Waals surface area contributed by atoms with E-state index in [2.05, 4.69) is 0 Å². The third kappa shape index (κ3) is 2.81. The lowest BCUT2D eigenvalue weighted by atomic mass is 10.00. The van der Waals surface area contributed by atoms with Gasteiger partial charge in [-0.3, -0.25) is 0 Å². The monoisotopic (exact) mass is 265 g/mol. The number of nitrogens with two attached hydrogens (primary N) is 1. The van der Waals surface area contributed by atoms with Crippen LogP contribution in [0.1, 0.15) is 17.2 Å². The topological polar surface area (TPSA) is 46.2 Å². The van der Waals surface area contributed by atoms with E-state index in [9.17, 15) is 9.50 Å². The summed E-state index contributed by atoms with van der Waals surface area (Å²) in [6, 6.07) is 11.6. The highest BCUT2D eigenvalue weighted by Crippen LogP contribution is 2.25. The maximum absolute atomic E-state index is 13.3. The van der Waals surface area contributed by atoms with Crippen LogP contribution in [0.2, 0.25) is 5.02 Å². The van der Waals surface area contributed by atoms with Crippen molar-refractivity contribution in [1.82, 2.24) is 0 Å². The van der Waals surface area contributed by atoms with E-state index >= 15 is 0 Å². The number of aliphatic hydroxyl groups is 1. The third-order valence-electron chi connectivity index (χ3n) is 2.77. The molecule has 2 rings (SSSR count). The highest BCUT2D eigenvalue weighted by Gasteiger charge is 2.12. The van der Waals surface area contributed by atoms with Gasteiger partial charge in [0.15, 0.2) is 0 Å². The number of rotatable bonds is 3. The molecule has 1 atom stereocenters. The molecule has 1 unspecified atom stereocenters. The number of halogens is 2. The van der Waals surface area contributed by atoms with Gasteiger partial charge in [0.25, 0.3) is 0 Å². The van der Waals surface area contributed by atoms with Crippen molar-refractivity contribution in [3.8, 4) is 0 Å². The molecule has 0 aromatic heterocycles. The van der Waals surface area contributed by atoms with E-state index in [4.69, 9.17) is 17.3 Å². The van der Waals surface area contributed by atoms with Crippen LogP contribution in [0.15, 0.2) is 42.5 Å². The second-order valence-electron chi connectivity index (χ2n) is 4.10. The fourth-order valence-electron chi connectivity index (χ4n) is 1.81. The Morgan fingerprint density at radius 1 is 1.22 bits per heavy atom. The van der Waals surface area contributed by atoms with E-state index in [0.717, 1.165) is 0 Å². The largest absolute Gasteiger partial charge is 0.398 e. The number of anilines is 1. The number of hydrogen-bond donors (Lipinski definition) is 2. The molecule has 0 aliphatic rings. The van der Waals surface area contributed by atoms with E-state index in [1.165, 1.54) is 12.1 Å². The molecule has 0 radical (unpaired) electrons. The predicted octanol–water partition coefficient (Wildman–Crippen LogP) is 3.34. The third-order valence-corrected chi connectivity index (χ3v) is 3.07. The standard InChI is InChI=1S/C14H13ClFNO/c15-11-6-5-9(7-12(11)16)8-14(18)10-3-1-2-4-13(10)17/h1-7,14,18H,8,17H2. The molecular weight excluding hydrogens is 253 g/mol. The lowest BCUT2D eigenvalue weighted by Gasteiger charge is -2.13. The highest BCUT2D eigenvalue weighted by atomic mass is 35.5. The molecule has 0 fully saturated rings. The van der Waals surface area contributed by atoms with Crippen LogP contribution < -0.4 is 5.73 Å². The summed E-state index contributed by atoms with van der Waals surface area (Å²) in [6.07, 6.45) is -0.464. The van der Waals surface area contributed by atoms with Gasteiger partial charge in [-0.25, -0.2) is 4.39 Å². The number of nitrogen functional groups attached to an aromatic ring is 1. The summed E-state index contributed by atoms with van der Waals surface area (Å²) >= 11 is 5.60. The first-order valence-corrected chi connectivity index (χ1v) is 5.92. The van der Waals surface area contributed by atoms with Gasteiger partial charge < -0.3 is 10.8 Å². The van der Waals surface area contributed by atoms with Gasteiger partial charge in [0, 0.05) is 17.7 Å². The molecule has 2 aromatic rings. The second kappa shape index (κ2) is 5.38. The highest BCUT2D eigenvalue weighted by molar-refractivity contribution is 6.30. The van der Waals surface area contributed by atoms with Gasteiger partial charge in [0.05, 0.1) is 11.1 Å². The van der Waals surface area contributed by atoms with Crippen molar-refractivity contribution < 1.29 is 9.50 Å². The molecule has 0 spiro atoms. The van der Waals surface area contributed by atoms with E-state index in [0.29, 0.717) is 23.2 Å². The van der Waals surface area contributed by atoms with Crippen LogP contribution in [0.25, 0.3) is 0 Å². The first-order chi connectivity index (χ1) is 8.58. The molecular formula is C14H13ClFNO. The van der Waals surface area contributed by atoms with E-state index in [-0.39, 0.29) is 5.02 Å². The van der Waals surface area contributed by atoms with Crippen molar-refractivity contribution in [3.63, 3.8) is 0 Å². The average molecular weight is 266 g/mol. The number of para-hydroxylation sites is 1. The van der Waals surface area contributed by atoms with Crippen LogP contribution >= 0.6 is 11.6 Å². The normalized spacial score (nSPS) is 12.4. The van der Waals surface area contributed by atoms with Crippen molar-refractivity contribution in [3.05, 3.63) is 64.4 Å². The first kappa shape index (κ1) is 12.9. The lowest BCUT2D eigenvalue weighted by Crippen LogP contribution is -2.05. The summed E-state index contributed by atoms with van der Waals surface area (Å²) in [7, 11) is 0. The Hall–Kier alpha value is -1.58. The summed E-state index contributed by atoms with van der Waals surface area (Å²) in [5.41, 5.74) is 7.62. The number of hydrogen-bond acceptors (Lipinski definition) is 2. The van der Waals surface area contributed by atoms with Crippen molar-refractivity contribution in [1.29, 1.82) is 0 Å². The lowest BCUT2D eigenvalue weighted by molar-refractivity contribution is 0.179. The maximum atomic E-state index is 13.3. The zero-order chi connectivity index (χ0) is 13.1. The SMILES string of the molecule is Nc1ccccc1C(O)Cc1ccc(Cl)c(F)c1. The number of benzene rings is 2. The van der Waals surface area contributed by atoms with Crippen LogP contribution in [0.4, 0.5) is 10.1 Å². The predicted molar refractivity (Wildman–Crippen MR) is 70.9 cm³/mol. The zero-order valence-corrected chi connectivity index (χ0v) is 10.4. The quantitative estimate of drug-likeness (QED) is 0.836. The van der Waals surface area contributed by atoms with Gasteiger partial charge in [-0.05, 0) is 23.8 Å². The molecule has 0 bridgehead atoms. The van der Waals surface area contributed by atoms with Gasteiger partial charge >= 0.3 is 0 Å². The molecule has 0 heterocycles. The number of aliphatic hydroxyl groups excluding tert-OH is 1. The Kier molecular flexibility index (Phi) is 3.84. The summed E-state index contributed by atoms with van der Waals surface area (Å²) in [4.78, 5) is 0. The van der Waals surface area contributed by atoms with Crippen LogP contribution in [0.5, 0.6) is 0 Å². The van der Waals surface area contributed by atoms with Gasteiger partial charge in [-0.15, -0.1) is 0 Å². The smallest absolute Gasteiger partial charge is 0.142 e. The molecule has 18 heavy (non-hydrogen) atoms. The minimum Gasteiger partial charge on any atom is -0.398 e. The van der Waals surface area contributed by atoms with Gasteiger partial charge in [0.1, 0.15) is 5.82 Å². The first-order valence-electron chi connectivity index (χ1n) is 5.54. The fourth-order valence-corrected chi connectivity index (χ4v) is 1.93. The van der Waals surface area contributed by atoms with Gasteiger partial charge in [-0.2, -0.15) is 0 Å². The van der Waals surface area contributed by atoms with Crippen molar-refractivity contribution in [2.24, 2.45) is 0 Å². The molecule has 0 saturated carbocycles. The van der Waals surface area contributed by atoms with E-state index in [1.807, 2.05) is 0 Å². The Morgan fingerprint density at radius 2 is 1.94 bits per heavy atom. The molecule has 0 amide bonds. The van der Waals surface area contributed by atoms with Crippen molar-refractivity contribution in [2.75, 3.05) is 5.73 Å². The molecule has 2 aromatic carbocycles. The minimum atomic E-state index is -0.758. The fraction of sp³-hybridized carbons (Fsp3) is 0.143. The average Bonchev–Trinajstić information content (AvgIpc) is 2.34. The van der Waals surface area contributed by atoms with Gasteiger partial charge in [-0.1, -0.05) is 35.9 Å². The molecule has 3 N–H and O–H groups in total. The maximum Gasteiger partial charge on any atom is 0.142 e. The van der Waals surface area contributed by atoms with Crippen molar-refractivity contribution >= 4 is 17.3 Å². The zero-order valence-electron chi connectivity index (χ0n) is 9.61. The van der Waals surface area contributed by atoms with E-state index in [1.54, 1.807) is 30.3 Å². The summed E-state index contributed by atoms with van der Waals surface area (Å²) in [5, 5.41) is 10.2. The molecule has 0 aliphatic heterocycles. The molecule has 0 saturated heterocycles. The summed E-state index contributed by atoms with van der Waals surface area (Å²) in [5.74, 6) is -0.484. The van der Waals surface area contributed by atoms with E-state index < -0.39 is 11.9 Å². The van der Waals surface area contributed by atoms with Gasteiger partial charge in [0.2, 0.25) is 0 Å². The molecule has 0 aliphatic carbocycles. The van der Waals surface area contributed by atoms with Crippen LogP contribution in [-0.2, 0) is 6.42 Å².